The zero-order valence-electron chi connectivity index (χ0n) is 20.4. The van der Waals surface area contributed by atoms with Crippen LogP contribution >= 0.6 is 0 Å². The van der Waals surface area contributed by atoms with E-state index >= 15 is 0 Å². The standard InChI is InChI=1S/C28H38N3O2/c1-4-5-14-31(25-10-7-13-29(3)18-25)26(22-8-6-9-22)19-30-17-24(15-21(30)2)23-11-12-27-28(16-23)33-20-32-27/h7,10-13,16,18,21,24H,4-6,8-9,14-15,17,19-20H2,1-3H3/q+1/t21-,24+/m0/s1. The SMILES string of the molecule is CCCCN(C(CN1C[C@H](c2ccc3c(c2)OCO3)C[C@@H]1C)=C1CCC1)c1ccc[n+](C)c1. The molecule has 2 atom stereocenters. The molecule has 5 nitrogen and oxygen atoms in total. The third-order valence-electron chi connectivity index (χ3n) is 7.59. The summed E-state index contributed by atoms with van der Waals surface area (Å²) in [5.41, 5.74) is 5.92. The molecular formula is C28H38N3O2+. The van der Waals surface area contributed by atoms with Crippen LogP contribution in [0.25, 0.3) is 0 Å². The molecule has 0 radical (unpaired) electrons. The summed E-state index contributed by atoms with van der Waals surface area (Å²) in [5.74, 6) is 2.32. The Morgan fingerprint density at radius 2 is 2.03 bits per heavy atom. The van der Waals surface area contributed by atoms with Crippen LogP contribution in [0.1, 0.15) is 63.9 Å². The lowest BCUT2D eigenvalue weighted by Crippen LogP contribution is -2.38. The number of rotatable bonds is 8. The van der Waals surface area contributed by atoms with Gasteiger partial charge in [-0.05, 0) is 74.3 Å². The first-order chi connectivity index (χ1) is 16.1. The summed E-state index contributed by atoms with van der Waals surface area (Å²) in [5, 5.41) is 0. The number of pyridine rings is 1. The molecule has 5 rings (SSSR count). The normalized spacial score (nSPS) is 21.8. The van der Waals surface area contributed by atoms with E-state index in [2.05, 4.69) is 78.0 Å². The molecule has 1 aliphatic carbocycles. The first-order valence-corrected chi connectivity index (χ1v) is 12.7. The summed E-state index contributed by atoms with van der Waals surface area (Å²) >= 11 is 0. The van der Waals surface area contributed by atoms with E-state index in [9.17, 15) is 0 Å². The summed E-state index contributed by atoms with van der Waals surface area (Å²) in [6.45, 7) is 8.26. The van der Waals surface area contributed by atoms with E-state index in [0.29, 0.717) is 18.8 Å². The Labute approximate surface area is 198 Å². The fraction of sp³-hybridized carbons (Fsp3) is 0.536. The average Bonchev–Trinajstić information content (AvgIpc) is 3.39. The van der Waals surface area contributed by atoms with Crippen molar-refractivity contribution < 1.29 is 14.0 Å². The average molecular weight is 449 g/mol. The van der Waals surface area contributed by atoms with Crippen molar-refractivity contribution in [2.45, 2.75) is 64.3 Å². The molecule has 33 heavy (non-hydrogen) atoms. The number of unbranched alkanes of at least 4 members (excludes halogenated alkanes) is 1. The van der Waals surface area contributed by atoms with Gasteiger partial charge in [0.25, 0.3) is 0 Å². The lowest BCUT2D eigenvalue weighted by molar-refractivity contribution is -0.670. The first kappa shape index (κ1) is 22.3. The van der Waals surface area contributed by atoms with Gasteiger partial charge >= 0.3 is 0 Å². The zero-order chi connectivity index (χ0) is 22.8. The molecule has 2 aromatic rings. The van der Waals surface area contributed by atoms with Gasteiger partial charge in [0.2, 0.25) is 6.79 Å². The predicted octanol–water partition coefficient (Wildman–Crippen LogP) is 5.16. The van der Waals surface area contributed by atoms with E-state index in [0.717, 1.165) is 31.1 Å². The molecule has 2 aliphatic heterocycles. The minimum absolute atomic E-state index is 0.341. The summed E-state index contributed by atoms with van der Waals surface area (Å²) < 4.78 is 13.3. The molecule has 1 saturated carbocycles. The zero-order valence-corrected chi connectivity index (χ0v) is 20.4. The Bertz CT molecular complexity index is 1010. The van der Waals surface area contributed by atoms with Crippen molar-refractivity contribution in [1.82, 2.24) is 4.90 Å². The Kier molecular flexibility index (Phi) is 6.59. The van der Waals surface area contributed by atoms with Crippen LogP contribution in [0.5, 0.6) is 11.5 Å². The van der Waals surface area contributed by atoms with E-state index in [1.54, 1.807) is 11.3 Å². The van der Waals surface area contributed by atoms with Crippen molar-refractivity contribution in [3.8, 4) is 11.5 Å². The van der Waals surface area contributed by atoms with Gasteiger partial charge < -0.3 is 14.4 Å². The fourth-order valence-corrected chi connectivity index (χ4v) is 5.42. The highest BCUT2D eigenvalue weighted by Crippen LogP contribution is 2.40. The van der Waals surface area contributed by atoms with Crippen LogP contribution in [-0.4, -0.2) is 37.4 Å². The molecular weight excluding hydrogens is 410 g/mol. The van der Waals surface area contributed by atoms with Crippen molar-refractivity contribution >= 4 is 5.69 Å². The maximum absolute atomic E-state index is 5.65. The number of allylic oxidation sites excluding steroid dienone is 1. The van der Waals surface area contributed by atoms with Gasteiger partial charge in [0.05, 0.1) is 0 Å². The third-order valence-corrected chi connectivity index (χ3v) is 7.59. The number of aromatic nitrogens is 1. The quantitative estimate of drug-likeness (QED) is 0.522. The molecule has 3 aliphatic rings. The first-order valence-electron chi connectivity index (χ1n) is 12.7. The molecule has 1 aromatic heterocycles. The number of fused-ring (bicyclic) bond motifs is 1. The Morgan fingerprint density at radius 3 is 2.79 bits per heavy atom. The van der Waals surface area contributed by atoms with Gasteiger partial charge in [0.1, 0.15) is 12.7 Å². The van der Waals surface area contributed by atoms with E-state index in [1.807, 2.05) is 0 Å². The van der Waals surface area contributed by atoms with Gasteiger partial charge in [-0.2, -0.15) is 0 Å². The fourth-order valence-electron chi connectivity index (χ4n) is 5.42. The van der Waals surface area contributed by atoms with E-state index in [4.69, 9.17) is 9.47 Å². The molecule has 0 unspecified atom stereocenters. The second-order valence-corrected chi connectivity index (χ2v) is 9.96. The van der Waals surface area contributed by atoms with Gasteiger partial charge in [0.15, 0.2) is 23.9 Å². The summed E-state index contributed by atoms with van der Waals surface area (Å²) in [7, 11) is 2.12. The number of hydrogen-bond acceptors (Lipinski definition) is 4. The highest BCUT2D eigenvalue weighted by atomic mass is 16.7. The third kappa shape index (κ3) is 4.74. The number of aryl methyl sites for hydroxylation is 1. The second kappa shape index (κ2) is 9.76. The van der Waals surface area contributed by atoms with Crippen LogP contribution in [-0.2, 0) is 7.05 Å². The van der Waals surface area contributed by atoms with Crippen LogP contribution < -0.4 is 18.9 Å². The van der Waals surface area contributed by atoms with Crippen molar-refractivity contribution in [1.29, 1.82) is 0 Å². The highest BCUT2D eigenvalue weighted by Gasteiger charge is 2.33. The molecule has 0 bridgehead atoms. The number of likely N-dealkylation sites (tertiary alicyclic amines) is 1. The van der Waals surface area contributed by atoms with Gasteiger partial charge in [-0.3, -0.25) is 4.90 Å². The molecule has 2 fully saturated rings. The lowest BCUT2D eigenvalue weighted by atomic mass is 9.89. The van der Waals surface area contributed by atoms with Gasteiger partial charge in [-0.25, -0.2) is 4.57 Å². The van der Waals surface area contributed by atoms with E-state index in [-0.39, 0.29) is 0 Å². The minimum atomic E-state index is 0.341. The van der Waals surface area contributed by atoms with Crippen molar-refractivity contribution in [2.24, 2.45) is 7.05 Å². The lowest BCUT2D eigenvalue weighted by Gasteiger charge is -2.35. The Balaban J connectivity index is 1.37. The van der Waals surface area contributed by atoms with Gasteiger partial charge in [0, 0.05) is 37.4 Å². The van der Waals surface area contributed by atoms with Crippen LogP contribution in [0.15, 0.2) is 54.0 Å². The second-order valence-electron chi connectivity index (χ2n) is 9.96. The van der Waals surface area contributed by atoms with Gasteiger partial charge in [-0.1, -0.05) is 19.4 Å². The topological polar surface area (TPSA) is 28.8 Å². The predicted molar refractivity (Wildman–Crippen MR) is 132 cm³/mol. The van der Waals surface area contributed by atoms with E-state index < -0.39 is 0 Å². The molecule has 0 N–H and O–H groups in total. The van der Waals surface area contributed by atoms with Crippen LogP contribution in [0.3, 0.4) is 0 Å². The molecule has 176 valence electrons. The molecule has 1 aromatic carbocycles. The molecule has 0 amide bonds. The van der Waals surface area contributed by atoms with Gasteiger partial charge in [-0.15, -0.1) is 0 Å². The number of benzene rings is 1. The Morgan fingerprint density at radius 1 is 1.18 bits per heavy atom. The maximum Gasteiger partial charge on any atom is 0.231 e. The van der Waals surface area contributed by atoms with Crippen molar-refractivity contribution in [3.05, 3.63) is 59.6 Å². The van der Waals surface area contributed by atoms with Crippen LogP contribution in [0.4, 0.5) is 5.69 Å². The van der Waals surface area contributed by atoms with E-state index in [1.165, 1.54) is 49.8 Å². The maximum atomic E-state index is 5.65. The molecule has 0 spiro atoms. The molecule has 5 heteroatoms. The smallest absolute Gasteiger partial charge is 0.231 e. The number of ether oxygens (including phenoxy) is 2. The van der Waals surface area contributed by atoms with Crippen molar-refractivity contribution in [3.63, 3.8) is 0 Å². The summed E-state index contributed by atoms with van der Waals surface area (Å²) in [6.07, 6.45) is 11.9. The highest BCUT2D eigenvalue weighted by molar-refractivity contribution is 5.52. The van der Waals surface area contributed by atoms with Crippen LogP contribution in [0.2, 0.25) is 0 Å². The summed E-state index contributed by atoms with van der Waals surface area (Å²) in [6, 6.07) is 11.5. The number of nitrogens with zero attached hydrogens (tertiary/aromatic N) is 3. The number of anilines is 1. The minimum Gasteiger partial charge on any atom is -0.454 e. The Hall–Kier alpha value is -2.53. The monoisotopic (exact) mass is 448 g/mol. The van der Waals surface area contributed by atoms with Crippen molar-refractivity contribution in [2.75, 3.05) is 31.3 Å². The molecule has 3 heterocycles. The molecule has 1 saturated heterocycles. The largest absolute Gasteiger partial charge is 0.454 e. The summed E-state index contributed by atoms with van der Waals surface area (Å²) in [4.78, 5) is 5.33. The van der Waals surface area contributed by atoms with Crippen LogP contribution in [0, 0.1) is 0 Å². The number of hydrogen-bond donors (Lipinski definition) is 0.